The van der Waals surface area contributed by atoms with Gasteiger partial charge in [-0.05, 0) is 42.5 Å². The second-order valence-electron chi connectivity index (χ2n) is 6.11. The Balaban J connectivity index is 1.77. The summed E-state index contributed by atoms with van der Waals surface area (Å²) in [5.74, 6) is 1.04. The van der Waals surface area contributed by atoms with Gasteiger partial charge < -0.3 is 10.6 Å². The highest BCUT2D eigenvalue weighted by Crippen LogP contribution is 2.36. The normalized spacial score (nSPS) is 19.9. The molecule has 1 atom stereocenters. The molecule has 1 aliphatic heterocycles. The number of carbonyl (C=O) groups excluding carboxylic acids is 1. The van der Waals surface area contributed by atoms with Gasteiger partial charge in [-0.15, -0.1) is 0 Å². The summed E-state index contributed by atoms with van der Waals surface area (Å²) in [6, 6.07) is 7.01. The van der Waals surface area contributed by atoms with E-state index in [9.17, 15) is 4.79 Å². The van der Waals surface area contributed by atoms with Gasteiger partial charge in [0.05, 0.1) is 0 Å². The molecule has 0 bridgehead atoms. The number of aryl methyl sites for hydroxylation is 1. The van der Waals surface area contributed by atoms with E-state index in [0.29, 0.717) is 12.5 Å². The van der Waals surface area contributed by atoms with Crippen LogP contribution in [0.25, 0.3) is 0 Å². The molecule has 0 saturated heterocycles. The molecule has 0 aromatic heterocycles. The molecular formula is C17H24N2O. The van der Waals surface area contributed by atoms with E-state index in [1.165, 1.54) is 36.8 Å². The molecule has 108 valence electrons. The van der Waals surface area contributed by atoms with Crippen molar-refractivity contribution in [3.63, 3.8) is 0 Å². The molecule has 20 heavy (non-hydrogen) atoms. The number of hydrogen-bond acceptors (Lipinski definition) is 2. The van der Waals surface area contributed by atoms with Crippen LogP contribution >= 0.6 is 0 Å². The van der Waals surface area contributed by atoms with Gasteiger partial charge in [-0.25, -0.2) is 0 Å². The van der Waals surface area contributed by atoms with E-state index in [0.717, 1.165) is 24.6 Å². The van der Waals surface area contributed by atoms with Gasteiger partial charge in [0.2, 0.25) is 5.91 Å². The lowest BCUT2D eigenvalue weighted by Gasteiger charge is -2.31. The Labute approximate surface area is 121 Å². The van der Waals surface area contributed by atoms with Crippen molar-refractivity contribution >= 4 is 11.6 Å². The van der Waals surface area contributed by atoms with E-state index >= 15 is 0 Å². The van der Waals surface area contributed by atoms with Crippen molar-refractivity contribution in [1.29, 1.82) is 0 Å². The Morgan fingerprint density at radius 1 is 1.35 bits per heavy atom. The first-order valence-electron chi connectivity index (χ1n) is 7.92. The zero-order valence-corrected chi connectivity index (χ0v) is 12.2. The standard InChI is InChI=1S/C17H24N2O/c1-2-18-16(10-12-4-3-5-12)14-6-8-15-13(11-14)7-9-17(20)19-15/h6,8,11-12,16,18H,2-5,7,9-10H2,1H3,(H,19,20). The Morgan fingerprint density at radius 3 is 2.90 bits per heavy atom. The van der Waals surface area contributed by atoms with Crippen LogP contribution in [0.1, 0.15) is 56.2 Å². The Morgan fingerprint density at radius 2 is 2.20 bits per heavy atom. The zero-order chi connectivity index (χ0) is 13.9. The molecule has 3 heteroatoms. The maximum absolute atomic E-state index is 11.4. The summed E-state index contributed by atoms with van der Waals surface area (Å²) >= 11 is 0. The third kappa shape index (κ3) is 2.88. The summed E-state index contributed by atoms with van der Waals surface area (Å²) in [7, 11) is 0. The van der Waals surface area contributed by atoms with Crippen LogP contribution < -0.4 is 10.6 Å². The molecule has 1 aromatic carbocycles. The van der Waals surface area contributed by atoms with Gasteiger partial charge in [0.1, 0.15) is 0 Å². The highest BCUT2D eigenvalue weighted by atomic mass is 16.1. The molecule has 1 heterocycles. The summed E-state index contributed by atoms with van der Waals surface area (Å²) in [5, 5.41) is 6.59. The minimum Gasteiger partial charge on any atom is -0.326 e. The molecule has 0 spiro atoms. The fourth-order valence-corrected chi connectivity index (χ4v) is 3.27. The van der Waals surface area contributed by atoms with Crippen molar-refractivity contribution in [3.05, 3.63) is 29.3 Å². The molecule has 3 rings (SSSR count). The van der Waals surface area contributed by atoms with Crippen LogP contribution in [-0.4, -0.2) is 12.5 Å². The average molecular weight is 272 g/mol. The monoisotopic (exact) mass is 272 g/mol. The van der Waals surface area contributed by atoms with Gasteiger partial charge in [0.15, 0.2) is 0 Å². The fraction of sp³-hybridized carbons (Fsp3) is 0.588. The van der Waals surface area contributed by atoms with Crippen LogP contribution in [0, 0.1) is 5.92 Å². The minimum atomic E-state index is 0.142. The van der Waals surface area contributed by atoms with Crippen molar-refractivity contribution in [3.8, 4) is 0 Å². The van der Waals surface area contributed by atoms with Crippen LogP contribution in [0.3, 0.4) is 0 Å². The summed E-state index contributed by atoms with van der Waals surface area (Å²) in [6.07, 6.45) is 6.92. The fourth-order valence-electron chi connectivity index (χ4n) is 3.27. The van der Waals surface area contributed by atoms with Crippen LogP contribution in [0.4, 0.5) is 5.69 Å². The Bertz CT molecular complexity index is 494. The molecular weight excluding hydrogens is 248 g/mol. The molecule has 1 amide bonds. The van der Waals surface area contributed by atoms with Gasteiger partial charge in [-0.1, -0.05) is 38.3 Å². The second-order valence-corrected chi connectivity index (χ2v) is 6.11. The van der Waals surface area contributed by atoms with Crippen LogP contribution in [0.2, 0.25) is 0 Å². The summed E-state index contributed by atoms with van der Waals surface area (Å²) in [6.45, 7) is 3.18. The van der Waals surface area contributed by atoms with Crippen LogP contribution in [-0.2, 0) is 11.2 Å². The molecule has 2 aliphatic rings. The summed E-state index contributed by atoms with van der Waals surface area (Å²) < 4.78 is 0. The second kappa shape index (κ2) is 5.96. The first-order chi connectivity index (χ1) is 9.76. The first-order valence-corrected chi connectivity index (χ1v) is 7.92. The van der Waals surface area contributed by atoms with E-state index in [1.54, 1.807) is 0 Å². The Kier molecular flexibility index (Phi) is 4.06. The number of anilines is 1. The molecule has 1 fully saturated rings. The first kappa shape index (κ1) is 13.6. The lowest BCUT2D eigenvalue weighted by Crippen LogP contribution is -2.26. The smallest absolute Gasteiger partial charge is 0.224 e. The third-order valence-electron chi connectivity index (χ3n) is 4.67. The number of fused-ring (bicyclic) bond motifs is 1. The van der Waals surface area contributed by atoms with Gasteiger partial charge >= 0.3 is 0 Å². The van der Waals surface area contributed by atoms with E-state index in [2.05, 4.69) is 35.8 Å². The molecule has 1 unspecified atom stereocenters. The topological polar surface area (TPSA) is 41.1 Å². The van der Waals surface area contributed by atoms with Crippen molar-refractivity contribution in [2.45, 2.75) is 51.5 Å². The van der Waals surface area contributed by atoms with Crippen molar-refractivity contribution in [1.82, 2.24) is 5.32 Å². The average Bonchev–Trinajstić information content (AvgIpc) is 2.41. The molecule has 3 nitrogen and oxygen atoms in total. The summed E-state index contributed by atoms with van der Waals surface area (Å²) in [5.41, 5.74) is 3.68. The highest BCUT2D eigenvalue weighted by Gasteiger charge is 2.23. The molecule has 1 aromatic rings. The number of rotatable bonds is 5. The number of amides is 1. The highest BCUT2D eigenvalue weighted by molar-refractivity contribution is 5.93. The molecule has 1 aliphatic carbocycles. The predicted molar refractivity (Wildman–Crippen MR) is 81.8 cm³/mol. The maximum Gasteiger partial charge on any atom is 0.224 e. The van der Waals surface area contributed by atoms with Gasteiger partial charge in [-0.2, -0.15) is 0 Å². The van der Waals surface area contributed by atoms with Crippen LogP contribution in [0.5, 0.6) is 0 Å². The number of hydrogen-bond donors (Lipinski definition) is 2. The van der Waals surface area contributed by atoms with E-state index in [1.807, 2.05) is 0 Å². The van der Waals surface area contributed by atoms with Crippen LogP contribution in [0.15, 0.2) is 18.2 Å². The lowest BCUT2D eigenvalue weighted by molar-refractivity contribution is -0.116. The number of nitrogens with one attached hydrogen (secondary N) is 2. The van der Waals surface area contributed by atoms with E-state index in [-0.39, 0.29) is 5.91 Å². The van der Waals surface area contributed by atoms with Gasteiger partial charge in [0, 0.05) is 18.2 Å². The number of carbonyl (C=O) groups is 1. The Hall–Kier alpha value is -1.35. The lowest BCUT2D eigenvalue weighted by atomic mass is 9.79. The van der Waals surface area contributed by atoms with Crippen molar-refractivity contribution in [2.24, 2.45) is 5.92 Å². The maximum atomic E-state index is 11.4. The molecule has 2 N–H and O–H groups in total. The van der Waals surface area contributed by atoms with E-state index in [4.69, 9.17) is 0 Å². The molecule has 1 saturated carbocycles. The van der Waals surface area contributed by atoms with E-state index < -0.39 is 0 Å². The SMILES string of the molecule is CCNC(CC1CCC1)c1ccc2c(c1)CCC(=O)N2. The number of benzene rings is 1. The zero-order valence-electron chi connectivity index (χ0n) is 12.2. The van der Waals surface area contributed by atoms with Crippen molar-refractivity contribution in [2.75, 3.05) is 11.9 Å². The molecule has 0 radical (unpaired) electrons. The predicted octanol–water partition coefficient (Wildman–Crippen LogP) is 3.41. The van der Waals surface area contributed by atoms with Crippen molar-refractivity contribution < 1.29 is 4.79 Å². The third-order valence-corrected chi connectivity index (χ3v) is 4.67. The minimum absolute atomic E-state index is 0.142. The quantitative estimate of drug-likeness (QED) is 0.862. The summed E-state index contributed by atoms with van der Waals surface area (Å²) in [4.78, 5) is 11.4. The van der Waals surface area contributed by atoms with Gasteiger partial charge in [0.25, 0.3) is 0 Å². The van der Waals surface area contributed by atoms with Gasteiger partial charge in [-0.3, -0.25) is 4.79 Å². The largest absolute Gasteiger partial charge is 0.326 e.